The summed E-state index contributed by atoms with van der Waals surface area (Å²) in [5.41, 5.74) is 6.08. The summed E-state index contributed by atoms with van der Waals surface area (Å²) in [6.07, 6.45) is 0.881. The van der Waals surface area contributed by atoms with Gasteiger partial charge in [-0.1, -0.05) is 6.92 Å². The smallest absolute Gasteiger partial charge is 0.350 e. The zero-order valence-corrected chi connectivity index (χ0v) is 11.3. The molecule has 0 bridgehead atoms. The molecule has 0 aliphatic rings. The highest BCUT2D eigenvalue weighted by Gasteiger charge is 2.26. The summed E-state index contributed by atoms with van der Waals surface area (Å²) in [7, 11) is 2.53. The third kappa shape index (κ3) is 2.73. The predicted molar refractivity (Wildman–Crippen MR) is 70.2 cm³/mol. The molecule has 0 fully saturated rings. The van der Waals surface area contributed by atoms with E-state index < -0.39 is 11.9 Å². The monoisotopic (exact) mass is 272 g/mol. The standard InChI is InChI=1S/C11H16N2O4S/c1-4-5-13-9-6(10(14)16-2)7(12)8(18-9)11(15)17-3/h13H,4-5,12H2,1-3H3. The van der Waals surface area contributed by atoms with Crippen LogP contribution >= 0.6 is 11.3 Å². The van der Waals surface area contributed by atoms with E-state index in [1.54, 1.807) is 0 Å². The Morgan fingerprint density at radius 3 is 2.39 bits per heavy atom. The highest BCUT2D eigenvalue weighted by Crippen LogP contribution is 2.36. The molecule has 0 saturated carbocycles. The number of anilines is 2. The highest BCUT2D eigenvalue weighted by molar-refractivity contribution is 7.19. The number of carbonyl (C=O) groups excluding carboxylic acids is 2. The van der Waals surface area contributed by atoms with Crippen LogP contribution in [0.25, 0.3) is 0 Å². The van der Waals surface area contributed by atoms with E-state index in [2.05, 4.69) is 14.8 Å². The lowest BCUT2D eigenvalue weighted by Gasteiger charge is -2.04. The quantitative estimate of drug-likeness (QED) is 0.793. The number of hydrogen-bond acceptors (Lipinski definition) is 7. The van der Waals surface area contributed by atoms with E-state index in [4.69, 9.17) is 5.73 Å². The first-order chi connectivity index (χ1) is 8.56. The summed E-state index contributed by atoms with van der Waals surface area (Å²) in [5, 5.41) is 3.58. The Labute approximate surface area is 109 Å². The van der Waals surface area contributed by atoms with Gasteiger partial charge in [0.2, 0.25) is 0 Å². The molecule has 0 spiro atoms. The molecule has 18 heavy (non-hydrogen) atoms. The average molecular weight is 272 g/mol. The molecule has 0 aromatic carbocycles. The third-order valence-electron chi connectivity index (χ3n) is 2.24. The van der Waals surface area contributed by atoms with E-state index >= 15 is 0 Å². The van der Waals surface area contributed by atoms with Crippen molar-refractivity contribution in [3.63, 3.8) is 0 Å². The van der Waals surface area contributed by atoms with Gasteiger partial charge in [-0.05, 0) is 6.42 Å². The van der Waals surface area contributed by atoms with Gasteiger partial charge in [0.15, 0.2) is 0 Å². The summed E-state index contributed by atoms with van der Waals surface area (Å²) in [6, 6.07) is 0. The van der Waals surface area contributed by atoms with Gasteiger partial charge < -0.3 is 20.5 Å². The van der Waals surface area contributed by atoms with Crippen LogP contribution in [0.15, 0.2) is 0 Å². The van der Waals surface area contributed by atoms with Gasteiger partial charge in [0.1, 0.15) is 15.4 Å². The van der Waals surface area contributed by atoms with Gasteiger partial charge in [-0.2, -0.15) is 0 Å². The largest absolute Gasteiger partial charge is 0.465 e. The van der Waals surface area contributed by atoms with Crippen molar-refractivity contribution in [1.29, 1.82) is 0 Å². The number of rotatable bonds is 5. The summed E-state index contributed by atoms with van der Waals surface area (Å²) in [6.45, 7) is 2.66. The SMILES string of the molecule is CCCNc1sc(C(=O)OC)c(N)c1C(=O)OC. The number of hydrogen-bond donors (Lipinski definition) is 2. The van der Waals surface area contributed by atoms with Crippen LogP contribution in [0.2, 0.25) is 0 Å². The Kier molecular flexibility index (Phi) is 4.96. The molecule has 0 unspecified atom stereocenters. The number of ether oxygens (including phenoxy) is 2. The maximum absolute atomic E-state index is 11.7. The lowest BCUT2D eigenvalue weighted by atomic mass is 10.2. The van der Waals surface area contributed by atoms with Crippen LogP contribution in [0, 0.1) is 0 Å². The van der Waals surface area contributed by atoms with E-state index in [0.29, 0.717) is 11.5 Å². The van der Waals surface area contributed by atoms with Gasteiger partial charge in [0, 0.05) is 6.54 Å². The maximum Gasteiger partial charge on any atom is 0.350 e. The molecular weight excluding hydrogens is 256 g/mol. The van der Waals surface area contributed by atoms with Gasteiger partial charge in [0.05, 0.1) is 19.9 Å². The molecule has 1 heterocycles. The summed E-state index contributed by atoms with van der Waals surface area (Å²) in [4.78, 5) is 23.4. The Bertz CT molecular complexity index is 456. The number of nitrogens with one attached hydrogen (secondary N) is 1. The van der Waals surface area contributed by atoms with Crippen molar-refractivity contribution in [3.05, 3.63) is 10.4 Å². The maximum atomic E-state index is 11.7. The average Bonchev–Trinajstić information content (AvgIpc) is 2.71. The van der Waals surface area contributed by atoms with E-state index in [1.165, 1.54) is 14.2 Å². The number of methoxy groups -OCH3 is 2. The van der Waals surface area contributed by atoms with Crippen LogP contribution in [0.4, 0.5) is 10.7 Å². The normalized spacial score (nSPS) is 9.94. The van der Waals surface area contributed by atoms with E-state index in [9.17, 15) is 9.59 Å². The van der Waals surface area contributed by atoms with Crippen LogP contribution in [-0.4, -0.2) is 32.7 Å². The summed E-state index contributed by atoms with van der Waals surface area (Å²) < 4.78 is 9.27. The molecule has 0 aliphatic heterocycles. The van der Waals surface area contributed by atoms with Crippen molar-refractivity contribution in [2.24, 2.45) is 0 Å². The first-order valence-corrected chi connectivity index (χ1v) is 6.21. The van der Waals surface area contributed by atoms with Crippen molar-refractivity contribution in [2.45, 2.75) is 13.3 Å². The van der Waals surface area contributed by atoms with Crippen molar-refractivity contribution in [2.75, 3.05) is 31.8 Å². The molecule has 100 valence electrons. The molecule has 0 atom stereocenters. The van der Waals surface area contributed by atoms with Crippen molar-refractivity contribution < 1.29 is 19.1 Å². The molecule has 1 rings (SSSR count). The van der Waals surface area contributed by atoms with E-state index in [0.717, 1.165) is 17.8 Å². The van der Waals surface area contributed by atoms with E-state index in [-0.39, 0.29) is 16.1 Å². The summed E-state index contributed by atoms with van der Waals surface area (Å²) >= 11 is 1.09. The minimum atomic E-state index is -0.572. The first kappa shape index (κ1) is 14.3. The predicted octanol–water partition coefficient (Wildman–Crippen LogP) is 1.73. The van der Waals surface area contributed by atoms with Gasteiger partial charge >= 0.3 is 11.9 Å². The minimum absolute atomic E-state index is 0.0947. The van der Waals surface area contributed by atoms with Crippen LogP contribution in [0.1, 0.15) is 33.4 Å². The Morgan fingerprint density at radius 1 is 1.28 bits per heavy atom. The minimum Gasteiger partial charge on any atom is -0.465 e. The zero-order valence-electron chi connectivity index (χ0n) is 10.5. The van der Waals surface area contributed by atoms with Gasteiger partial charge in [-0.3, -0.25) is 0 Å². The first-order valence-electron chi connectivity index (χ1n) is 5.39. The second-order valence-electron chi connectivity index (χ2n) is 3.46. The molecule has 3 N–H and O–H groups in total. The molecule has 0 aliphatic carbocycles. The molecule has 6 nitrogen and oxygen atoms in total. The topological polar surface area (TPSA) is 90.6 Å². The van der Waals surface area contributed by atoms with Crippen LogP contribution in [0.5, 0.6) is 0 Å². The fraction of sp³-hybridized carbons (Fsp3) is 0.455. The second-order valence-corrected chi connectivity index (χ2v) is 4.48. The van der Waals surface area contributed by atoms with Crippen LogP contribution in [0.3, 0.4) is 0 Å². The van der Waals surface area contributed by atoms with Crippen molar-refractivity contribution in [1.82, 2.24) is 0 Å². The summed E-state index contributed by atoms with van der Waals surface area (Å²) in [5.74, 6) is -1.13. The molecule has 0 amide bonds. The molecule has 0 radical (unpaired) electrons. The molecule has 0 saturated heterocycles. The molecule has 7 heteroatoms. The molecule has 1 aromatic rings. The lowest BCUT2D eigenvalue weighted by Crippen LogP contribution is -2.09. The zero-order chi connectivity index (χ0) is 13.7. The number of thiophene rings is 1. The van der Waals surface area contributed by atoms with Crippen molar-refractivity contribution in [3.8, 4) is 0 Å². The highest BCUT2D eigenvalue weighted by atomic mass is 32.1. The Hall–Kier alpha value is -1.76. The van der Waals surface area contributed by atoms with Crippen LogP contribution in [-0.2, 0) is 9.47 Å². The number of esters is 2. The third-order valence-corrected chi connectivity index (χ3v) is 3.38. The fourth-order valence-electron chi connectivity index (χ4n) is 1.36. The number of carbonyl (C=O) groups is 2. The Morgan fingerprint density at radius 2 is 1.89 bits per heavy atom. The molecule has 1 aromatic heterocycles. The Balaban J connectivity index is 3.22. The lowest BCUT2D eigenvalue weighted by molar-refractivity contribution is 0.0602. The van der Waals surface area contributed by atoms with E-state index in [1.807, 2.05) is 6.92 Å². The van der Waals surface area contributed by atoms with Crippen molar-refractivity contribution >= 4 is 34.0 Å². The second kappa shape index (κ2) is 6.25. The molecular formula is C11H16N2O4S. The fourth-order valence-corrected chi connectivity index (χ4v) is 2.41. The van der Waals surface area contributed by atoms with Gasteiger partial charge in [-0.15, -0.1) is 11.3 Å². The van der Waals surface area contributed by atoms with Gasteiger partial charge in [0.25, 0.3) is 0 Å². The number of nitrogen functional groups attached to an aromatic ring is 1. The van der Waals surface area contributed by atoms with Gasteiger partial charge in [-0.25, -0.2) is 9.59 Å². The number of nitrogens with two attached hydrogens (primary N) is 1. The van der Waals surface area contributed by atoms with Crippen LogP contribution < -0.4 is 11.1 Å².